The third kappa shape index (κ3) is 3.83. The van der Waals surface area contributed by atoms with Gasteiger partial charge < -0.3 is 15.0 Å². The molecule has 0 aromatic heterocycles. The van der Waals surface area contributed by atoms with Crippen molar-refractivity contribution in [2.75, 3.05) is 27.2 Å². The van der Waals surface area contributed by atoms with Crippen LogP contribution in [0.3, 0.4) is 0 Å². The van der Waals surface area contributed by atoms with Crippen LogP contribution in [0.15, 0.2) is 24.3 Å². The number of nitrogens with zero attached hydrogens (tertiary/aromatic N) is 2. The molecular formula is C19H29N3O2. The number of carbonyl (C=O) groups is 1. The Kier molecular flexibility index (Phi) is 5.29. The minimum absolute atomic E-state index is 0.0753. The first-order valence-electron chi connectivity index (χ1n) is 8.97. The number of benzene rings is 1. The zero-order valence-corrected chi connectivity index (χ0v) is 15.0. The maximum atomic E-state index is 12.6. The average molecular weight is 331 g/mol. The molecule has 3 atom stereocenters. The fourth-order valence-electron chi connectivity index (χ4n) is 4.00. The molecule has 0 aliphatic carbocycles. The quantitative estimate of drug-likeness (QED) is 0.922. The molecule has 24 heavy (non-hydrogen) atoms. The highest BCUT2D eigenvalue weighted by atomic mass is 16.5. The van der Waals surface area contributed by atoms with E-state index in [1.165, 1.54) is 18.4 Å². The lowest BCUT2D eigenvalue weighted by molar-refractivity contribution is 0.185. The second-order valence-electron chi connectivity index (χ2n) is 7.19. The van der Waals surface area contributed by atoms with Crippen LogP contribution in [-0.4, -0.2) is 61.2 Å². The summed E-state index contributed by atoms with van der Waals surface area (Å²) in [5.74, 6) is 0.859. The first-order valence-corrected chi connectivity index (χ1v) is 8.97. The molecule has 2 heterocycles. The predicted molar refractivity (Wildman–Crippen MR) is 95.5 cm³/mol. The average Bonchev–Trinajstić information content (AvgIpc) is 2.79. The number of urea groups is 1. The Labute approximate surface area is 145 Å². The Hall–Kier alpha value is -1.75. The predicted octanol–water partition coefficient (Wildman–Crippen LogP) is 2.50. The van der Waals surface area contributed by atoms with E-state index in [1.807, 2.05) is 23.1 Å². The van der Waals surface area contributed by atoms with Crippen molar-refractivity contribution in [3.05, 3.63) is 29.8 Å². The van der Waals surface area contributed by atoms with Gasteiger partial charge in [0.1, 0.15) is 5.75 Å². The molecule has 2 saturated heterocycles. The SMILES string of the molecule is COc1cccc(CC(C)NC(=O)N2CCC3CCC(C2)N3C)c1. The van der Waals surface area contributed by atoms with Gasteiger partial charge in [0.25, 0.3) is 0 Å². The molecule has 2 fully saturated rings. The van der Waals surface area contributed by atoms with Gasteiger partial charge >= 0.3 is 6.03 Å². The number of methoxy groups -OCH3 is 1. The minimum atomic E-state index is 0.0753. The minimum Gasteiger partial charge on any atom is -0.497 e. The Morgan fingerprint density at radius 2 is 2.12 bits per heavy atom. The third-order valence-corrected chi connectivity index (χ3v) is 5.48. The van der Waals surface area contributed by atoms with E-state index < -0.39 is 0 Å². The maximum Gasteiger partial charge on any atom is 0.317 e. The third-order valence-electron chi connectivity index (χ3n) is 5.48. The van der Waals surface area contributed by atoms with Crippen molar-refractivity contribution in [1.82, 2.24) is 15.1 Å². The van der Waals surface area contributed by atoms with Gasteiger partial charge in [-0.25, -0.2) is 4.79 Å². The van der Waals surface area contributed by atoms with Gasteiger partial charge in [-0.05, 0) is 57.4 Å². The number of ether oxygens (including phenoxy) is 1. The summed E-state index contributed by atoms with van der Waals surface area (Å²) in [6.45, 7) is 3.78. The standard InChI is InChI=1S/C19H29N3O2/c1-14(11-15-5-4-6-18(12-15)24-3)20-19(23)22-10-9-16-7-8-17(13-22)21(16)2/h4-6,12,14,16-17H,7-11,13H2,1-3H3,(H,20,23). The monoisotopic (exact) mass is 331 g/mol. The smallest absolute Gasteiger partial charge is 0.317 e. The van der Waals surface area contributed by atoms with Crippen LogP contribution >= 0.6 is 0 Å². The van der Waals surface area contributed by atoms with E-state index in [0.29, 0.717) is 12.1 Å². The lowest BCUT2D eigenvalue weighted by atomic mass is 10.1. The van der Waals surface area contributed by atoms with Crippen LogP contribution in [0.1, 0.15) is 31.7 Å². The van der Waals surface area contributed by atoms with Crippen LogP contribution in [0, 0.1) is 0 Å². The lowest BCUT2D eigenvalue weighted by Gasteiger charge is -2.27. The molecule has 3 unspecified atom stereocenters. The molecule has 0 radical (unpaired) electrons. The van der Waals surface area contributed by atoms with Crippen molar-refractivity contribution in [3.63, 3.8) is 0 Å². The van der Waals surface area contributed by atoms with E-state index in [4.69, 9.17) is 4.74 Å². The van der Waals surface area contributed by atoms with Crippen LogP contribution in [-0.2, 0) is 6.42 Å². The molecule has 1 aromatic carbocycles. The Morgan fingerprint density at radius 1 is 1.33 bits per heavy atom. The molecule has 0 spiro atoms. The fraction of sp³-hybridized carbons (Fsp3) is 0.632. The van der Waals surface area contributed by atoms with Gasteiger partial charge in [0, 0.05) is 31.2 Å². The maximum absolute atomic E-state index is 12.6. The number of likely N-dealkylation sites (tertiary alicyclic amines) is 1. The van der Waals surface area contributed by atoms with Crippen molar-refractivity contribution in [3.8, 4) is 5.75 Å². The molecule has 2 aliphatic rings. The number of rotatable bonds is 4. The van der Waals surface area contributed by atoms with E-state index >= 15 is 0 Å². The van der Waals surface area contributed by atoms with E-state index in [1.54, 1.807) is 7.11 Å². The number of likely N-dealkylation sites (N-methyl/N-ethyl adjacent to an activating group) is 1. The van der Waals surface area contributed by atoms with Gasteiger partial charge in [0.2, 0.25) is 0 Å². The van der Waals surface area contributed by atoms with Gasteiger partial charge in [-0.15, -0.1) is 0 Å². The molecule has 1 aromatic rings. The highest BCUT2D eigenvalue weighted by Gasteiger charge is 2.36. The molecule has 5 heteroatoms. The van der Waals surface area contributed by atoms with Crippen LogP contribution in [0.2, 0.25) is 0 Å². The van der Waals surface area contributed by atoms with Crippen molar-refractivity contribution >= 4 is 6.03 Å². The molecule has 132 valence electrons. The van der Waals surface area contributed by atoms with Crippen molar-refractivity contribution in [2.24, 2.45) is 0 Å². The molecule has 1 N–H and O–H groups in total. The second kappa shape index (κ2) is 7.43. The normalized spacial score (nSPS) is 25.2. The lowest BCUT2D eigenvalue weighted by Crippen LogP contribution is -2.47. The zero-order chi connectivity index (χ0) is 17.1. The number of fused-ring (bicyclic) bond motifs is 2. The van der Waals surface area contributed by atoms with Crippen molar-refractivity contribution < 1.29 is 9.53 Å². The van der Waals surface area contributed by atoms with E-state index in [9.17, 15) is 4.79 Å². The van der Waals surface area contributed by atoms with E-state index in [2.05, 4.69) is 30.3 Å². The van der Waals surface area contributed by atoms with Gasteiger partial charge in [-0.1, -0.05) is 12.1 Å². The van der Waals surface area contributed by atoms with Crippen LogP contribution in [0.5, 0.6) is 5.75 Å². The van der Waals surface area contributed by atoms with Crippen molar-refractivity contribution in [2.45, 2.75) is 50.7 Å². The van der Waals surface area contributed by atoms with E-state index in [0.717, 1.165) is 31.7 Å². The van der Waals surface area contributed by atoms with Gasteiger partial charge in [-0.2, -0.15) is 0 Å². The number of amides is 2. The number of carbonyl (C=O) groups excluding carboxylic acids is 1. The van der Waals surface area contributed by atoms with E-state index in [-0.39, 0.29) is 12.1 Å². The fourth-order valence-corrected chi connectivity index (χ4v) is 4.00. The highest BCUT2D eigenvalue weighted by molar-refractivity contribution is 5.74. The summed E-state index contributed by atoms with van der Waals surface area (Å²) in [6.07, 6.45) is 4.39. The molecule has 2 bridgehead atoms. The Balaban J connectivity index is 1.54. The summed E-state index contributed by atoms with van der Waals surface area (Å²) in [6, 6.07) is 9.39. The van der Waals surface area contributed by atoms with Crippen molar-refractivity contribution in [1.29, 1.82) is 0 Å². The highest BCUT2D eigenvalue weighted by Crippen LogP contribution is 2.28. The first kappa shape index (κ1) is 17.1. The van der Waals surface area contributed by atoms with Crippen LogP contribution < -0.4 is 10.1 Å². The molecule has 2 amide bonds. The van der Waals surface area contributed by atoms with Gasteiger partial charge in [-0.3, -0.25) is 4.90 Å². The van der Waals surface area contributed by atoms with Crippen LogP contribution in [0.4, 0.5) is 4.79 Å². The number of hydrogen-bond donors (Lipinski definition) is 1. The molecular weight excluding hydrogens is 302 g/mol. The molecule has 2 aliphatic heterocycles. The first-order chi connectivity index (χ1) is 11.6. The Bertz CT molecular complexity index is 577. The summed E-state index contributed by atoms with van der Waals surface area (Å²) in [7, 11) is 3.88. The Morgan fingerprint density at radius 3 is 2.92 bits per heavy atom. The van der Waals surface area contributed by atoms with Crippen LogP contribution in [0.25, 0.3) is 0 Å². The summed E-state index contributed by atoms with van der Waals surface area (Å²) in [5, 5.41) is 3.17. The summed E-state index contributed by atoms with van der Waals surface area (Å²) in [4.78, 5) is 17.1. The molecule has 0 saturated carbocycles. The number of hydrogen-bond acceptors (Lipinski definition) is 3. The van der Waals surface area contributed by atoms with Gasteiger partial charge in [0.05, 0.1) is 7.11 Å². The summed E-state index contributed by atoms with van der Waals surface area (Å²) in [5.41, 5.74) is 1.18. The van der Waals surface area contributed by atoms with Gasteiger partial charge in [0.15, 0.2) is 0 Å². The number of nitrogens with one attached hydrogen (secondary N) is 1. The largest absolute Gasteiger partial charge is 0.497 e. The topological polar surface area (TPSA) is 44.8 Å². The summed E-state index contributed by atoms with van der Waals surface area (Å²) >= 11 is 0. The summed E-state index contributed by atoms with van der Waals surface area (Å²) < 4.78 is 5.26. The zero-order valence-electron chi connectivity index (χ0n) is 15.0. The second-order valence-corrected chi connectivity index (χ2v) is 7.19. The molecule has 3 rings (SSSR count). The molecule has 5 nitrogen and oxygen atoms in total.